The lowest BCUT2D eigenvalue weighted by atomic mass is 9.97. The lowest BCUT2D eigenvalue weighted by Gasteiger charge is -2.20. The molecule has 0 saturated carbocycles. The van der Waals surface area contributed by atoms with Crippen LogP contribution in [0.5, 0.6) is 0 Å². The molecule has 1 aromatic rings. The fraction of sp³-hybridized carbons (Fsp3) is 0.364. The molecule has 1 rings (SSSR count). The predicted molar refractivity (Wildman–Crippen MR) is 64.9 cm³/mol. The van der Waals surface area contributed by atoms with Gasteiger partial charge in [0.25, 0.3) is 5.24 Å². The van der Waals surface area contributed by atoms with Gasteiger partial charge in [-0.2, -0.15) is 0 Å². The molecule has 0 fully saturated rings. The number of halogens is 3. The number of rotatable bonds is 2. The van der Waals surface area contributed by atoms with Crippen LogP contribution in [0.1, 0.15) is 22.3 Å². The molecule has 0 N–H and O–H groups in total. The monoisotopic (exact) mass is 264 g/mol. The third-order valence-corrected chi connectivity index (χ3v) is 3.44. The predicted octanol–water partition coefficient (Wildman–Crippen LogP) is 4.01. The average molecular weight is 266 g/mol. The van der Waals surface area contributed by atoms with Crippen molar-refractivity contribution in [1.82, 2.24) is 0 Å². The van der Waals surface area contributed by atoms with Crippen molar-refractivity contribution in [1.29, 1.82) is 0 Å². The normalized spacial score (nSPS) is 11.6. The molecule has 4 heteroatoms. The Morgan fingerprint density at radius 1 is 1.13 bits per heavy atom. The molecule has 0 saturated heterocycles. The minimum Gasteiger partial charge on any atom is -0.277 e. The molecule has 0 radical (unpaired) electrons. The maximum absolute atomic E-state index is 11.2. The van der Waals surface area contributed by atoms with E-state index in [0.717, 1.165) is 16.7 Å². The van der Waals surface area contributed by atoms with Crippen LogP contribution in [0.2, 0.25) is 0 Å². The fourth-order valence-electron chi connectivity index (χ4n) is 1.77. The Balaban J connectivity index is 3.44. The molecule has 0 amide bonds. The van der Waals surface area contributed by atoms with Gasteiger partial charge < -0.3 is 0 Å². The number of carbonyl (C=O) groups is 1. The minimum absolute atomic E-state index is 0.580. The van der Waals surface area contributed by atoms with E-state index >= 15 is 0 Å². The molecular formula is C11H11Cl3O. The van der Waals surface area contributed by atoms with Crippen LogP contribution in [0.25, 0.3) is 0 Å². The van der Waals surface area contributed by atoms with Crippen molar-refractivity contribution in [2.75, 3.05) is 0 Å². The first-order valence-electron chi connectivity index (χ1n) is 4.43. The molecule has 0 heterocycles. The second-order valence-electron chi connectivity index (χ2n) is 3.62. The Hall–Kier alpha value is -0.240. The average Bonchev–Trinajstić information content (AvgIpc) is 2.00. The summed E-state index contributed by atoms with van der Waals surface area (Å²) in [5.41, 5.74) is 3.41. The zero-order valence-corrected chi connectivity index (χ0v) is 11.0. The van der Waals surface area contributed by atoms with Gasteiger partial charge in [0.2, 0.25) is 4.33 Å². The molecule has 0 unspecified atom stereocenters. The minimum atomic E-state index is -1.66. The van der Waals surface area contributed by atoms with Crippen LogP contribution in [0, 0.1) is 20.8 Å². The highest BCUT2D eigenvalue weighted by Crippen LogP contribution is 2.40. The van der Waals surface area contributed by atoms with Crippen LogP contribution in [-0.4, -0.2) is 5.24 Å². The van der Waals surface area contributed by atoms with E-state index < -0.39 is 9.58 Å². The highest BCUT2D eigenvalue weighted by atomic mass is 35.5. The van der Waals surface area contributed by atoms with E-state index in [4.69, 9.17) is 34.8 Å². The van der Waals surface area contributed by atoms with Gasteiger partial charge >= 0.3 is 0 Å². The van der Waals surface area contributed by atoms with Crippen molar-refractivity contribution in [2.24, 2.45) is 0 Å². The van der Waals surface area contributed by atoms with Gasteiger partial charge in [0.1, 0.15) is 0 Å². The number of alkyl halides is 2. The number of benzene rings is 1. The van der Waals surface area contributed by atoms with E-state index in [1.807, 2.05) is 32.9 Å². The van der Waals surface area contributed by atoms with E-state index in [1.54, 1.807) is 0 Å². The summed E-state index contributed by atoms with van der Waals surface area (Å²) in [7, 11) is 0. The Kier molecular flexibility index (Phi) is 3.70. The summed E-state index contributed by atoms with van der Waals surface area (Å²) >= 11 is 17.3. The van der Waals surface area contributed by atoms with E-state index in [1.165, 1.54) is 0 Å². The van der Waals surface area contributed by atoms with Gasteiger partial charge in [-0.25, -0.2) is 0 Å². The van der Waals surface area contributed by atoms with Crippen LogP contribution in [0.15, 0.2) is 12.1 Å². The van der Waals surface area contributed by atoms with Crippen LogP contribution >= 0.6 is 34.8 Å². The largest absolute Gasteiger partial charge is 0.277 e. The summed E-state index contributed by atoms with van der Waals surface area (Å²) < 4.78 is -1.66. The van der Waals surface area contributed by atoms with Crippen molar-refractivity contribution >= 4 is 40.0 Å². The Bertz CT molecular complexity index is 387. The molecule has 15 heavy (non-hydrogen) atoms. The molecule has 0 spiro atoms. The van der Waals surface area contributed by atoms with Gasteiger partial charge in [-0.1, -0.05) is 40.9 Å². The van der Waals surface area contributed by atoms with Crippen LogP contribution in [0.3, 0.4) is 0 Å². The SMILES string of the molecule is Cc1cc(C)c(C(Cl)(Cl)C(=O)Cl)c(C)c1. The Labute approximate surface area is 104 Å². The maximum Gasteiger partial charge on any atom is 0.262 e. The first-order valence-corrected chi connectivity index (χ1v) is 5.56. The standard InChI is InChI=1S/C11H11Cl3O/c1-6-4-7(2)9(8(3)5-6)11(13,14)10(12)15/h4-5H,1-3H3. The summed E-state index contributed by atoms with van der Waals surface area (Å²) in [6.07, 6.45) is 0. The number of hydrogen-bond acceptors (Lipinski definition) is 1. The molecule has 1 nitrogen and oxygen atoms in total. The summed E-state index contributed by atoms with van der Waals surface area (Å²) in [6, 6.07) is 3.84. The molecular weight excluding hydrogens is 254 g/mol. The Morgan fingerprint density at radius 3 is 1.87 bits per heavy atom. The van der Waals surface area contributed by atoms with E-state index in [2.05, 4.69) is 0 Å². The molecule has 0 aliphatic carbocycles. The maximum atomic E-state index is 11.2. The summed E-state index contributed by atoms with van der Waals surface area (Å²) in [6.45, 7) is 5.68. The van der Waals surface area contributed by atoms with Gasteiger partial charge in [-0.3, -0.25) is 4.79 Å². The molecule has 0 atom stereocenters. The Morgan fingerprint density at radius 2 is 1.53 bits per heavy atom. The topological polar surface area (TPSA) is 17.1 Å². The van der Waals surface area contributed by atoms with Crippen molar-refractivity contribution < 1.29 is 4.79 Å². The van der Waals surface area contributed by atoms with Gasteiger partial charge in [-0.05, 0) is 43.5 Å². The van der Waals surface area contributed by atoms with E-state index in [9.17, 15) is 4.79 Å². The van der Waals surface area contributed by atoms with Crippen molar-refractivity contribution in [3.8, 4) is 0 Å². The second kappa shape index (κ2) is 4.32. The molecule has 0 aliphatic heterocycles. The second-order valence-corrected chi connectivity index (χ2v) is 5.29. The highest BCUT2D eigenvalue weighted by Gasteiger charge is 2.37. The number of carbonyl (C=O) groups excluding carboxylic acids is 1. The smallest absolute Gasteiger partial charge is 0.262 e. The van der Waals surface area contributed by atoms with Crippen molar-refractivity contribution in [2.45, 2.75) is 25.1 Å². The first-order chi connectivity index (χ1) is 6.76. The summed E-state index contributed by atoms with van der Waals surface area (Å²) in [5.74, 6) is 0. The number of hydrogen-bond donors (Lipinski definition) is 0. The zero-order valence-electron chi connectivity index (χ0n) is 8.70. The molecule has 0 aromatic heterocycles. The van der Waals surface area contributed by atoms with Crippen LogP contribution in [-0.2, 0) is 9.13 Å². The lowest BCUT2D eigenvalue weighted by Crippen LogP contribution is -2.21. The van der Waals surface area contributed by atoms with Gasteiger partial charge in [0.05, 0.1) is 0 Å². The molecule has 1 aromatic carbocycles. The molecule has 0 aliphatic rings. The number of aryl methyl sites for hydroxylation is 3. The quantitative estimate of drug-likeness (QED) is 0.583. The van der Waals surface area contributed by atoms with Gasteiger partial charge in [-0.15, -0.1) is 0 Å². The van der Waals surface area contributed by atoms with Crippen molar-refractivity contribution in [3.63, 3.8) is 0 Å². The molecule has 82 valence electrons. The molecule has 0 bridgehead atoms. The van der Waals surface area contributed by atoms with Crippen molar-refractivity contribution in [3.05, 3.63) is 34.4 Å². The zero-order chi connectivity index (χ0) is 11.8. The van der Waals surface area contributed by atoms with Gasteiger partial charge in [0, 0.05) is 5.56 Å². The summed E-state index contributed by atoms with van der Waals surface area (Å²) in [4.78, 5) is 11.2. The van der Waals surface area contributed by atoms with Crippen LogP contribution in [0.4, 0.5) is 0 Å². The first kappa shape index (κ1) is 12.8. The van der Waals surface area contributed by atoms with E-state index in [-0.39, 0.29) is 0 Å². The third kappa shape index (κ3) is 2.47. The third-order valence-electron chi connectivity index (χ3n) is 2.24. The van der Waals surface area contributed by atoms with E-state index in [0.29, 0.717) is 5.56 Å². The summed E-state index contributed by atoms with van der Waals surface area (Å²) in [5, 5.41) is -0.777. The highest BCUT2D eigenvalue weighted by molar-refractivity contribution is 6.78. The van der Waals surface area contributed by atoms with Gasteiger partial charge in [0.15, 0.2) is 0 Å². The van der Waals surface area contributed by atoms with Crippen LogP contribution < -0.4 is 0 Å². The lowest BCUT2D eigenvalue weighted by molar-refractivity contribution is -0.112. The fourth-order valence-corrected chi connectivity index (χ4v) is 2.46.